The average Bonchev–Trinajstić information content (AvgIpc) is 3.39. The second-order valence-electron chi connectivity index (χ2n) is 14.7. The third-order valence-electron chi connectivity index (χ3n) is 10.6. The van der Waals surface area contributed by atoms with Crippen LogP contribution in [0.25, 0.3) is 33.3 Å². The second-order valence-corrected chi connectivity index (χ2v) is 16.2. The molecule has 0 saturated carbocycles. The van der Waals surface area contributed by atoms with Gasteiger partial charge in [-0.15, -0.1) is 0 Å². The van der Waals surface area contributed by atoms with Crippen molar-refractivity contribution in [2.75, 3.05) is 5.32 Å². The number of esters is 1. The number of aromatic hydroxyl groups is 2. The van der Waals surface area contributed by atoms with Crippen LogP contribution in [0.5, 0.6) is 17.2 Å². The molecule has 14 heteroatoms. The maximum absolute atomic E-state index is 14.9. The highest BCUT2D eigenvalue weighted by Crippen LogP contribution is 2.57. The highest BCUT2D eigenvalue weighted by atomic mass is 127. The van der Waals surface area contributed by atoms with Gasteiger partial charge in [-0.1, -0.05) is 67.7 Å². The Morgan fingerprint density at radius 2 is 1.87 bits per heavy atom. The lowest BCUT2D eigenvalue weighted by Crippen LogP contribution is -2.51. The summed E-state index contributed by atoms with van der Waals surface area (Å²) in [5.41, 5.74) is -3.03. The van der Waals surface area contributed by atoms with E-state index in [0.29, 0.717) is 6.42 Å². The van der Waals surface area contributed by atoms with Gasteiger partial charge >= 0.3 is 11.8 Å². The van der Waals surface area contributed by atoms with E-state index in [1.165, 1.54) is 38.3 Å². The van der Waals surface area contributed by atoms with E-state index in [-0.39, 0.29) is 80.1 Å². The van der Waals surface area contributed by atoms with Crippen molar-refractivity contribution in [2.24, 2.45) is 11.8 Å². The van der Waals surface area contributed by atoms with Gasteiger partial charge in [0.25, 0.3) is 11.7 Å². The SMILES string of the molecule is CC(=O)O[C@H]1[C@H](O)[C@H](I)[C@H](C)C[C@@H](C)/C=C/C=C(/C)C(=O)Nc2c3oc4cccc(O)c4nc-3c3c4c5c(c(O)c3c2=O)[C@@]1(C)C/C=C/O[C@@](C)(O5)C4=O. The maximum atomic E-state index is 14.9. The summed E-state index contributed by atoms with van der Waals surface area (Å²) in [5, 5.41) is 37.7. The lowest BCUT2D eigenvalue weighted by atomic mass is 9.69. The molecule has 0 aromatic heterocycles. The zero-order valence-electron chi connectivity index (χ0n) is 30.4. The molecule has 0 unspecified atom stereocenters. The number of carbonyl (C=O) groups is 3. The van der Waals surface area contributed by atoms with Gasteiger partial charge in [0.2, 0.25) is 5.43 Å². The van der Waals surface area contributed by atoms with E-state index in [0.717, 1.165) is 0 Å². The molecule has 7 atom stereocenters. The Balaban J connectivity index is 1.69. The molecule has 0 fully saturated rings. The molecule has 2 aromatic rings. The Labute approximate surface area is 323 Å². The van der Waals surface area contributed by atoms with Crippen molar-refractivity contribution in [1.82, 2.24) is 4.98 Å². The topological polar surface area (TPSA) is 195 Å². The van der Waals surface area contributed by atoms with Crippen LogP contribution < -0.4 is 15.5 Å². The Morgan fingerprint density at radius 1 is 1.13 bits per heavy atom. The molecule has 13 nitrogen and oxygen atoms in total. The summed E-state index contributed by atoms with van der Waals surface area (Å²) < 4.78 is 23.9. The standard InChI is InChI=1S/C40H39IN2O11/c1-17-10-7-11-18(2)38(50)43-30-32(47)24-23(29-35(30)53-22-13-8-12-21(45)28(22)42-29)25-34-26(31(24)46)39(5,14-9-15-51-40(6,54-34)36(25)49)37(52-20(4)44)33(48)27(41)19(3)16-17/h7-13,15,17,19,27,33,37,45-46,48H,14,16H2,1-6H3,(H,43,50)/b10-7+,15-9+,18-11-/t17-,19+,27+,33+,37-,39+,40-/m0/s1. The zero-order valence-corrected chi connectivity index (χ0v) is 32.5. The molecule has 1 amide bonds. The molecular formula is C40H39IN2O11. The first-order chi connectivity index (χ1) is 25.5. The molecule has 54 heavy (non-hydrogen) atoms. The number of ketones is 1. The number of aliphatic hydroxyl groups is 1. The number of aromatic nitrogens is 1. The Bertz CT molecular complexity index is 2400. The molecule has 5 bridgehead atoms. The number of aliphatic hydroxyl groups excluding tert-OH is 1. The van der Waals surface area contributed by atoms with Crippen LogP contribution in [-0.4, -0.2) is 59.9 Å². The quantitative estimate of drug-likeness (QED) is 0.0531. The molecule has 282 valence electrons. The Hall–Kier alpha value is -4.96. The monoisotopic (exact) mass is 850 g/mol. The summed E-state index contributed by atoms with van der Waals surface area (Å²) in [6.45, 7) is 9.77. The molecule has 4 heterocycles. The number of para-hydroxylation sites is 1. The maximum Gasteiger partial charge on any atom is 0.312 e. The van der Waals surface area contributed by atoms with Crippen LogP contribution in [0.2, 0.25) is 0 Å². The van der Waals surface area contributed by atoms with Gasteiger partial charge in [0, 0.05) is 39.7 Å². The predicted octanol–water partition coefficient (Wildman–Crippen LogP) is 6.55. The first-order valence-corrected chi connectivity index (χ1v) is 18.8. The number of rotatable bonds is 1. The third kappa shape index (κ3) is 5.81. The fourth-order valence-corrected chi connectivity index (χ4v) is 8.51. The van der Waals surface area contributed by atoms with Crippen LogP contribution in [0.3, 0.4) is 0 Å². The molecule has 2 aromatic carbocycles. The van der Waals surface area contributed by atoms with Crippen LogP contribution in [0.1, 0.15) is 70.3 Å². The lowest BCUT2D eigenvalue weighted by molar-refractivity contribution is -0.158. The number of anilines is 1. The molecule has 0 saturated heterocycles. The number of carbonyl (C=O) groups excluding carboxylic acids is 3. The van der Waals surface area contributed by atoms with E-state index in [4.69, 9.17) is 18.6 Å². The number of nitrogens with one attached hydrogen (secondary N) is 1. The number of nitrogens with zero attached hydrogens (tertiary/aromatic N) is 1. The number of Topliss-reactive ketones (excluding diaryl/α,β-unsaturated/α-hetero) is 1. The minimum absolute atomic E-state index is 0.00142. The Kier molecular flexibility index (Phi) is 9.28. The average molecular weight is 851 g/mol. The van der Waals surface area contributed by atoms with E-state index in [1.807, 2.05) is 19.9 Å². The lowest BCUT2D eigenvalue weighted by Gasteiger charge is -2.42. The summed E-state index contributed by atoms with van der Waals surface area (Å²) in [5.74, 6) is -5.57. The number of benzene rings is 3. The van der Waals surface area contributed by atoms with E-state index in [2.05, 4.69) is 32.9 Å². The predicted molar refractivity (Wildman–Crippen MR) is 207 cm³/mol. The number of amides is 1. The van der Waals surface area contributed by atoms with E-state index >= 15 is 0 Å². The number of hydrogen-bond donors (Lipinski definition) is 4. The molecule has 0 spiro atoms. The smallest absolute Gasteiger partial charge is 0.312 e. The van der Waals surface area contributed by atoms with Crippen LogP contribution in [0.15, 0.2) is 63.6 Å². The summed E-state index contributed by atoms with van der Waals surface area (Å²) in [7, 11) is 0. The molecule has 7 rings (SSSR count). The second kappa shape index (κ2) is 13.4. The van der Waals surface area contributed by atoms with Crippen molar-refractivity contribution in [2.45, 2.75) is 81.7 Å². The first-order valence-electron chi connectivity index (χ1n) is 17.5. The fourth-order valence-electron chi connectivity index (χ4n) is 7.84. The normalized spacial score (nSPS) is 30.7. The minimum atomic E-state index is -1.99. The van der Waals surface area contributed by atoms with Crippen LogP contribution >= 0.6 is 22.6 Å². The van der Waals surface area contributed by atoms with Crippen LogP contribution in [0, 0.1) is 11.8 Å². The van der Waals surface area contributed by atoms with E-state index in [1.54, 1.807) is 32.1 Å². The van der Waals surface area contributed by atoms with Gasteiger partial charge in [-0.2, -0.15) is 0 Å². The number of halogens is 1. The zero-order chi connectivity index (χ0) is 39.0. The summed E-state index contributed by atoms with van der Waals surface area (Å²) >= 11 is 2.14. The number of phenolic OH excluding ortho intramolecular Hbond substituents is 2. The number of ether oxygens (including phenoxy) is 3. The molecule has 1 aliphatic carbocycles. The summed E-state index contributed by atoms with van der Waals surface area (Å²) in [6.07, 6.45) is 6.01. The van der Waals surface area contributed by atoms with Crippen molar-refractivity contribution in [3.8, 4) is 28.7 Å². The third-order valence-corrected chi connectivity index (χ3v) is 12.6. The molecule has 4 aliphatic heterocycles. The Morgan fingerprint density at radius 3 is 2.59 bits per heavy atom. The van der Waals surface area contributed by atoms with Gasteiger partial charge in [-0.05, 0) is 49.8 Å². The van der Waals surface area contributed by atoms with Crippen molar-refractivity contribution in [1.29, 1.82) is 0 Å². The molecule has 5 aliphatic rings. The highest BCUT2D eigenvalue weighted by Gasteiger charge is 2.56. The fraction of sp³-hybridized carbons (Fsp3) is 0.375. The van der Waals surface area contributed by atoms with Gasteiger partial charge in [-0.25, -0.2) is 4.98 Å². The largest absolute Gasteiger partial charge is 0.507 e. The highest BCUT2D eigenvalue weighted by molar-refractivity contribution is 14.1. The number of fused-ring (bicyclic) bond motifs is 7. The van der Waals surface area contributed by atoms with Gasteiger partial charge < -0.3 is 39.3 Å². The van der Waals surface area contributed by atoms with Gasteiger partial charge in [0.05, 0.1) is 17.2 Å². The number of allylic oxidation sites excluding steroid dienone is 4. The van der Waals surface area contributed by atoms with Crippen molar-refractivity contribution >= 4 is 67.8 Å². The number of alkyl halides is 1. The molecule has 0 radical (unpaired) electrons. The van der Waals surface area contributed by atoms with Gasteiger partial charge in [-0.3, -0.25) is 19.2 Å². The molecular weight excluding hydrogens is 811 g/mol. The summed E-state index contributed by atoms with van der Waals surface area (Å²) in [6, 6.07) is 4.41. The van der Waals surface area contributed by atoms with Crippen molar-refractivity contribution in [3.05, 3.63) is 75.7 Å². The van der Waals surface area contributed by atoms with Crippen LogP contribution in [0.4, 0.5) is 5.69 Å². The number of hydrogen-bond acceptors (Lipinski definition) is 12. The van der Waals surface area contributed by atoms with Crippen LogP contribution in [-0.2, 0) is 24.5 Å². The summed E-state index contributed by atoms with van der Waals surface area (Å²) in [4.78, 5) is 60.8. The number of phenols is 2. The minimum Gasteiger partial charge on any atom is -0.507 e. The first kappa shape index (κ1) is 37.4. The molecule has 4 N–H and O–H groups in total. The van der Waals surface area contributed by atoms with E-state index in [9.17, 15) is 34.5 Å². The van der Waals surface area contributed by atoms with E-state index < -0.39 is 61.6 Å². The van der Waals surface area contributed by atoms with Gasteiger partial charge in [0.15, 0.2) is 11.3 Å². The van der Waals surface area contributed by atoms with Crippen molar-refractivity contribution in [3.63, 3.8) is 0 Å². The van der Waals surface area contributed by atoms with Gasteiger partial charge in [0.1, 0.15) is 46.4 Å². The van der Waals surface area contributed by atoms with Crippen molar-refractivity contribution < 1.29 is 48.3 Å².